The van der Waals surface area contributed by atoms with Gasteiger partial charge in [0.1, 0.15) is 0 Å². The molecular weight excluding hydrogens is 276 g/mol. The second kappa shape index (κ2) is 5.34. The van der Waals surface area contributed by atoms with E-state index in [0.717, 1.165) is 11.6 Å². The Labute approximate surface area is 99.8 Å². The lowest BCUT2D eigenvalue weighted by Gasteiger charge is -1.96. The molecule has 0 aliphatic carbocycles. The number of carbonyl (C=O) groups excluding carboxylic acids is 2. The summed E-state index contributed by atoms with van der Waals surface area (Å²) in [5, 5.41) is 0. The van der Waals surface area contributed by atoms with Crippen LogP contribution in [0.3, 0.4) is 0 Å². The minimum atomic E-state index is -0.976. The number of hydrogen-bond acceptors (Lipinski definition) is 3. The lowest BCUT2D eigenvalue weighted by molar-refractivity contribution is -0.137. The molecular formula is C10H7BrN2O3. The quantitative estimate of drug-likeness (QED) is 0.210. The summed E-state index contributed by atoms with van der Waals surface area (Å²) >= 11 is 3.21. The summed E-state index contributed by atoms with van der Waals surface area (Å²) < 4.78 is 5.11. The molecule has 0 aliphatic heterocycles. The van der Waals surface area contributed by atoms with Gasteiger partial charge in [0, 0.05) is 10.0 Å². The van der Waals surface area contributed by atoms with Gasteiger partial charge in [-0.05, 0) is 24.3 Å². The zero-order valence-electron chi connectivity index (χ0n) is 8.31. The maximum atomic E-state index is 11.7. The second-order valence-electron chi connectivity index (χ2n) is 2.78. The molecule has 0 aliphatic rings. The molecule has 82 valence electrons. The fourth-order valence-electron chi connectivity index (χ4n) is 1.01. The van der Waals surface area contributed by atoms with Gasteiger partial charge in [-0.25, -0.2) is 4.79 Å². The van der Waals surface area contributed by atoms with Gasteiger partial charge in [0.05, 0.1) is 7.11 Å². The minimum absolute atomic E-state index is 0.237. The highest BCUT2D eigenvalue weighted by atomic mass is 79.9. The first-order valence-corrected chi connectivity index (χ1v) is 5.00. The Kier molecular flexibility index (Phi) is 4.10. The highest BCUT2D eigenvalue weighted by Crippen LogP contribution is 2.11. The summed E-state index contributed by atoms with van der Waals surface area (Å²) in [6.45, 7) is 0. The SMILES string of the molecule is COC(=O)C(=[N+]=[N-])C(=O)c1ccc(Br)cc1. The van der Waals surface area contributed by atoms with Crippen LogP contribution in [0, 0.1) is 0 Å². The van der Waals surface area contributed by atoms with Crippen LogP contribution < -0.4 is 0 Å². The summed E-state index contributed by atoms with van der Waals surface area (Å²) in [4.78, 5) is 25.4. The maximum Gasteiger partial charge on any atom is 0.446 e. The monoisotopic (exact) mass is 282 g/mol. The third kappa shape index (κ3) is 2.62. The van der Waals surface area contributed by atoms with Crippen LogP contribution in [0.25, 0.3) is 5.53 Å². The number of ether oxygens (including phenoxy) is 1. The van der Waals surface area contributed by atoms with Crippen molar-refractivity contribution in [3.8, 4) is 0 Å². The summed E-state index contributed by atoms with van der Waals surface area (Å²) in [7, 11) is 1.10. The number of esters is 1. The maximum absolute atomic E-state index is 11.7. The molecule has 16 heavy (non-hydrogen) atoms. The van der Waals surface area contributed by atoms with E-state index in [9.17, 15) is 9.59 Å². The lowest BCUT2D eigenvalue weighted by atomic mass is 10.1. The Morgan fingerprint density at radius 3 is 2.31 bits per heavy atom. The van der Waals surface area contributed by atoms with E-state index >= 15 is 0 Å². The molecule has 0 amide bonds. The van der Waals surface area contributed by atoms with E-state index in [1.54, 1.807) is 12.1 Å². The zero-order valence-corrected chi connectivity index (χ0v) is 9.89. The van der Waals surface area contributed by atoms with Crippen molar-refractivity contribution >= 4 is 33.4 Å². The number of carbonyl (C=O) groups is 2. The van der Waals surface area contributed by atoms with Gasteiger partial charge < -0.3 is 10.3 Å². The fourth-order valence-corrected chi connectivity index (χ4v) is 1.28. The molecule has 0 aromatic heterocycles. The largest absolute Gasteiger partial charge is 0.460 e. The standard InChI is InChI=1S/C10H7BrN2O3/c1-16-10(15)8(13-12)9(14)6-2-4-7(11)5-3-6/h2-5H,1H3. The van der Waals surface area contributed by atoms with Gasteiger partial charge in [0.25, 0.3) is 5.78 Å². The number of benzene rings is 1. The molecule has 6 heteroatoms. The molecule has 0 radical (unpaired) electrons. The zero-order chi connectivity index (χ0) is 12.1. The van der Waals surface area contributed by atoms with E-state index < -0.39 is 17.5 Å². The lowest BCUT2D eigenvalue weighted by Crippen LogP contribution is -2.26. The summed E-state index contributed by atoms with van der Waals surface area (Å²) in [6, 6.07) is 6.28. The van der Waals surface area contributed by atoms with E-state index in [1.165, 1.54) is 12.1 Å². The predicted octanol–water partition coefficient (Wildman–Crippen LogP) is 1.48. The van der Waals surface area contributed by atoms with E-state index in [0.29, 0.717) is 0 Å². The first-order chi connectivity index (χ1) is 7.60. The smallest absolute Gasteiger partial charge is 0.446 e. The highest BCUT2D eigenvalue weighted by molar-refractivity contribution is 9.10. The van der Waals surface area contributed by atoms with Crippen LogP contribution in [0.2, 0.25) is 0 Å². The molecule has 0 N–H and O–H groups in total. The van der Waals surface area contributed by atoms with E-state index in [-0.39, 0.29) is 5.56 Å². The summed E-state index contributed by atoms with van der Waals surface area (Å²) in [5.41, 5.74) is 8.16. The topological polar surface area (TPSA) is 79.8 Å². The minimum Gasteiger partial charge on any atom is -0.460 e. The Hall–Kier alpha value is -1.78. The second-order valence-corrected chi connectivity index (χ2v) is 3.69. The molecule has 1 aromatic carbocycles. The first-order valence-electron chi connectivity index (χ1n) is 4.20. The molecule has 0 spiro atoms. The van der Waals surface area contributed by atoms with Crippen LogP contribution in [0.5, 0.6) is 0 Å². The summed E-state index contributed by atoms with van der Waals surface area (Å²) in [6.07, 6.45) is 0. The first kappa shape index (κ1) is 12.3. The van der Waals surface area contributed by atoms with Gasteiger partial charge in [0.2, 0.25) is 0 Å². The molecule has 0 saturated carbocycles. The molecule has 0 saturated heterocycles. The van der Waals surface area contributed by atoms with Gasteiger partial charge >= 0.3 is 11.7 Å². The van der Waals surface area contributed by atoms with Crippen LogP contribution in [-0.2, 0) is 9.53 Å². The number of hydrogen-bond donors (Lipinski definition) is 0. The van der Waals surface area contributed by atoms with E-state index in [4.69, 9.17) is 5.53 Å². The molecule has 0 fully saturated rings. The average Bonchev–Trinajstić information content (AvgIpc) is 2.30. The third-order valence-electron chi connectivity index (χ3n) is 1.80. The third-order valence-corrected chi connectivity index (χ3v) is 2.33. The molecule has 0 atom stereocenters. The van der Waals surface area contributed by atoms with Crippen molar-refractivity contribution < 1.29 is 19.1 Å². The van der Waals surface area contributed by atoms with Crippen molar-refractivity contribution in [3.63, 3.8) is 0 Å². The van der Waals surface area contributed by atoms with Crippen LogP contribution in [0.15, 0.2) is 28.7 Å². The number of nitrogens with zero attached hydrogens (tertiary/aromatic N) is 2. The predicted molar refractivity (Wildman–Crippen MR) is 59.1 cm³/mol. The number of Topliss-reactive ketones (excluding diaryl/α,β-unsaturated/α-hetero) is 1. The molecule has 5 nitrogen and oxygen atoms in total. The Morgan fingerprint density at radius 1 is 1.31 bits per heavy atom. The van der Waals surface area contributed by atoms with Crippen LogP contribution in [0.1, 0.15) is 10.4 Å². The van der Waals surface area contributed by atoms with Crippen LogP contribution in [0.4, 0.5) is 0 Å². The van der Waals surface area contributed by atoms with Crippen molar-refractivity contribution in [2.45, 2.75) is 0 Å². The van der Waals surface area contributed by atoms with Crippen molar-refractivity contribution in [1.29, 1.82) is 0 Å². The normalized spacial score (nSPS) is 9.12. The summed E-state index contributed by atoms with van der Waals surface area (Å²) in [5.74, 6) is -1.67. The van der Waals surface area contributed by atoms with Crippen molar-refractivity contribution in [1.82, 2.24) is 0 Å². The molecule has 0 heterocycles. The number of methoxy groups -OCH3 is 1. The fraction of sp³-hybridized carbons (Fsp3) is 0.100. The Bertz CT molecular complexity index is 475. The van der Waals surface area contributed by atoms with Crippen molar-refractivity contribution in [2.75, 3.05) is 7.11 Å². The van der Waals surface area contributed by atoms with E-state index in [2.05, 4.69) is 25.5 Å². The van der Waals surface area contributed by atoms with Gasteiger partial charge in [-0.2, -0.15) is 4.79 Å². The number of halogens is 1. The Balaban J connectivity index is 3.06. The molecule has 1 rings (SSSR count). The van der Waals surface area contributed by atoms with Gasteiger partial charge in [-0.1, -0.05) is 15.9 Å². The van der Waals surface area contributed by atoms with Crippen LogP contribution in [-0.4, -0.2) is 29.4 Å². The number of rotatable bonds is 3. The van der Waals surface area contributed by atoms with Gasteiger partial charge in [-0.15, -0.1) is 0 Å². The van der Waals surface area contributed by atoms with Crippen molar-refractivity contribution in [2.24, 2.45) is 0 Å². The highest BCUT2D eigenvalue weighted by Gasteiger charge is 2.31. The Morgan fingerprint density at radius 2 is 1.88 bits per heavy atom. The van der Waals surface area contributed by atoms with Gasteiger partial charge in [-0.3, -0.25) is 4.79 Å². The van der Waals surface area contributed by atoms with Crippen LogP contribution >= 0.6 is 15.9 Å². The van der Waals surface area contributed by atoms with Crippen molar-refractivity contribution in [3.05, 3.63) is 39.8 Å². The number of ketones is 1. The molecule has 1 aromatic rings. The van der Waals surface area contributed by atoms with Gasteiger partial charge in [0.15, 0.2) is 0 Å². The average molecular weight is 283 g/mol. The van der Waals surface area contributed by atoms with E-state index in [1.807, 2.05) is 0 Å². The molecule has 0 unspecified atom stereocenters. The molecule has 0 bridgehead atoms.